The fourth-order valence-corrected chi connectivity index (χ4v) is 18.2. The predicted octanol–water partition coefficient (Wildman–Crippen LogP) is 6.96. The Kier molecular flexibility index (Phi) is 13.6. The first kappa shape index (κ1) is 24.7. The molecule has 0 rings (SSSR count). The summed E-state index contributed by atoms with van der Waals surface area (Å²) in [5, 5.41) is 0. The van der Waals surface area contributed by atoms with Crippen molar-refractivity contribution in [2.45, 2.75) is 86.5 Å². The van der Waals surface area contributed by atoms with Gasteiger partial charge in [-0.25, -0.2) is 0 Å². The van der Waals surface area contributed by atoms with E-state index in [1.54, 1.807) is 0 Å². The Balaban J connectivity index is 5.73. The first-order valence-electron chi connectivity index (χ1n) is 9.94. The molecule has 0 aromatic heterocycles. The zero-order valence-electron chi connectivity index (χ0n) is 16.8. The molecule has 0 atom stereocenters. The Morgan fingerprint density at radius 2 is 1.24 bits per heavy atom. The summed E-state index contributed by atoms with van der Waals surface area (Å²) in [6.45, 7) is 10.9. The van der Waals surface area contributed by atoms with Crippen LogP contribution in [-0.4, -0.2) is 42.5 Å². The summed E-state index contributed by atoms with van der Waals surface area (Å²) in [5.41, 5.74) is 0. The zero-order valence-corrected chi connectivity index (χ0v) is 19.7. The van der Waals surface area contributed by atoms with E-state index in [2.05, 4.69) is 20.8 Å². The van der Waals surface area contributed by atoms with E-state index in [0.29, 0.717) is 13.1 Å². The number of nitrogens with zero attached hydrogens (tertiary/aromatic N) is 1. The van der Waals surface area contributed by atoms with Crippen LogP contribution in [0, 0.1) is 0 Å². The molecule has 0 saturated heterocycles. The van der Waals surface area contributed by atoms with Gasteiger partial charge >= 0.3 is 157 Å². The number of rotatable bonds is 13. The minimum atomic E-state index is -3.44. The van der Waals surface area contributed by atoms with Gasteiger partial charge in [0.1, 0.15) is 0 Å². The number of carbonyl (C=O) groups is 1. The predicted molar refractivity (Wildman–Crippen MR) is 104 cm³/mol. The topological polar surface area (TPSA) is 29.5 Å². The van der Waals surface area contributed by atoms with Crippen molar-refractivity contribution in [3.05, 3.63) is 9.86 Å². The zero-order chi connectivity index (χ0) is 19.3. The molecule has 25 heavy (non-hydrogen) atoms. The average molecular weight is 468 g/mol. The standard InChI is InChI=1S/C7H10F2NO2.3C4H9.Sn/c1-3-10(4-2)7(11)12-5-6(8)9;3*1-3-4-2;/h3-4H2,1-2H3;3*1,3-4H2,2H3;. The van der Waals surface area contributed by atoms with E-state index in [9.17, 15) is 13.6 Å². The molecule has 0 aromatic rings. The van der Waals surface area contributed by atoms with Crippen LogP contribution >= 0.6 is 0 Å². The van der Waals surface area contributed by atoms with Crippen LogP contribution in [0.25, 0.3) is 0 Å². The summed E-state index contributed by atoms with van der Waals surface area (Å²) < 4.78 is 35.7. The van der Waals surface area contributed by atoms with Gasteiger partial charge in [0.2, 0.25) is 0 Å². The van der Waals surface area contributed by atoms with Crippen molar-refractivity contribution in [1.29, 1.82) is 0 Å². The maximum absolute atomic E-state index is 13.9. The fourth-order valence-electron chi connectivity index (χ4n) is 3.24. The van der Waals surface area contributed by atoms with Gasteiger partial charge in [0.15, 0.2) is 0 Å². The number of hydrogen-bond acceptors (Lipinski definition) is 2. The second-order valence-corrected chi connectivity index (χ2v) is 19.6. The van der Waals surface area contributed by atoms with Crippen LogP contribution in [0.4, 0.5) is 13.6 Å². The maximum atomic E-state index is 13.9. The van der Waals surface area contributed by atoms with Gasteiger partial charge in [-0.2, -0.15) is 0 Å². The molecule has 0 radical (unpaired) electrons. The Bertz CT molecular complexity index is 386. The average Bonchev–Trinajstić information content (AvgIpc) is 2.60. The Morgan fingerprint density at radius 3 is 1.52 bits per heavy atom. The van der Waals surface area contributed by atoms with Crippen LogP contribution in [0.1, 0.15) is 73.1 Å². The molecular formula is C19H37F2NO2Sn. The van der Waals surface area contributed by atoms with Crippen molar-refractivity contribution in [3.63, 3.8) is 0 Å². The molecule has 0 heterocycles. The Hall–Kier alpha value is -0.331. The van der Waals surface area contributed by atoms with E-state index in [1.807, 2.05) is 13.8 Å². The van der Waals surface area contributed by atoms with E-state index in [-0.39, 0.29) is 3.78 Å². The summed E-state index contributed by atoms with van der Waals surface area (Å²) in [7, 11) is 0. The van der Waals surface area contributed by atoms with Gasteiger partial charge < -0.3 is 0 Å². The molecule has 0 aliphatic carbocycles. The molecule has 0 fully saturated rings. The third kappa shape index (κ3) is 8.27. The third-order valence-electron chi connectivity index (χ3n) is 4.89. The molecule has 0 unspecified atom stereocenters. The number of unbranched alkanes of at least 4 members (excludes halogenated alkanes) is 3. The van der Waals surface area contributed by atoms with Gasteiger partial charge in [-0.1, -0.05) is 0 Å². The van der Waals surface area contributed by atoms with Crippen molar-refractivity contribution in [2.24, 2.45) is 0 Å². The van der Waals surface area contributed by atoms with Crippen molar-refractivity contribution in [1.82, 2.24) is 4.90 Å². The van der Waals surface area contributed by atoms with Crippen molar-refractivity contribution >= 4 is 24.5 Å². The SMILES string of the molecule is CCC[CH2][Sn]([CH2]CCC)([CH2]CCC)[C](OC(=O)N(CC)CC)=C(F)F. The van der Waals surface area contributed by atoms with Gasteiger partial charge in [0.05, 0.1) is 0 Å². The van der Waals surface area contributed by atoms with Crippen molar-refractivity contribution in [2.75, 3.05) is 13.1 Å². The fraction of sp³-hybridized carbons (Fsp3) is 0.842. The van der Waals surface area contributed by atoms with Crippen LogP contribution < -0.4 is 0 Å². The van der Waals surface area contributed by atoms with E-state index in [1.165, 1.54) is 4.90 Å². The molecule has 148 valence electrons. The number of amides is 1. The minimum absolute atomic E-state index is 0.165. The summed E-state index contributed by atoms with van der Waals surface area (Å²) in [4.78, 5) is 13.8. The molecule has 3 nitrogen and oxygen atoms in total. The number of halogens is 2. The summed E-state index contributed by atoms with van der Waals surface area (Å²) in [6.07, 6.45) is 3.44. The van der Waals surface area contributed by atoms with Gasteiger partial charge in [0.25, 0.3) is 0 Å². The van der Waals surface area contributed by atoms with Crippen LogP contribution in [0.3, 0.4) is 0 Å². The number of carbonyl (C=O) groups excluding carboxylic acids is 1. The molecule has 1 amide bonds. The first-order valence-corrected chi connectivity index (χ1v) is 17.4. The number of hydrogen-bond donors (Lipinski definition) is 0. The van der Waals surface area contributed by atoms with Crippen molar-refractivity contribution in [3.8, 4) is 0 Å². The van der Waals surface area contributed by atoms with Crippen molar-refractivity contribution < 1.29 is 18.3 Å². The van der Waals surface area contributed by atoms with Gasteiger partial charge in [-0.05, 0) is 0 Å². The summed E-state index contributed by atoms with van der Waals surface area (Å²) in [6, 6.07) is 0. The molecule has 0 saturated carbocycles. The monoisotopic (exact) mass is 469 g/mol. The quantitative estimate of drug-likeness (QED) is 0.216. The summed E-state index contributed by atoms with van der Waals surface area (Å²) in [5.74, 6) is 0. The molecule has 6 heteroatoms. The first-order chi connectivity index (χ1) is 11.9. The van der Waals surface area contributed by atoms with Gasteiger partial charge in [0, 0.05) is 0 Å². The molecule has 0 aromatic carbocycles. The summed E-state index contributed by atoms with van der Waals surface area (Å²) >= 11 is -3.44. The molecule has 0 bridgehead atoms. The van der Waals surface area contributed by atoms with E-state index < -0.39 is 30.6 Å². The van der Waals surface area contributed by atoms with Crippen LogP contribution in [0.15, 0.2) is 9.86 Å². The molecule has 0 spiro atoms. The van der Waals surface area contributed by atoms with Gasteiger partial charge in [-0.3, -0.25) is 0 Å². The van der Waals surface area contributed by atoms with E-state index in [0.717, 1.165) is 51.8 Å². The Morgan fingerprint density at radius 1 is 0.840 bits per heavy atom. The van der Waals surface area contributed by atoms with Crippen LogP contribution in [0.2, 0.25) is 13.3 Å². The van der Waals surface area contributed by atoms with E-state index in [4.69, 9.17) is 4.74 Å². The van der Waals surface area contributed by atoms with Crippen LogP contribution in [0.5, 0.6) is 0 Å². The van der Waals surface area contributed by atoms with Crippen LogP contribution in [-0.2, 0) is 4.74 Å². The molecular weight excluding hydrogens is 431 g/mol. The van der Waals surface area contributed by atoms with Gasteiger partial charge in [-0.15, -0.1) is 0 Å². The van der Waals surface area contributed by atoms with E-state index >= 15 is 0 Å². The second-order valence-electron chi connectivity index (χ2n) is 6.72. The molecule has 0 aliphatic heterocycles. The number of ether oxygens (including phenoxy) is 1. The second kappa shape index (κ2) is 13.8. The molecule has 0 aliphatic rings. The Labute approximate surface area is 157 Å². The third-order valence-corrected chi connectivity index (χ3v) is 19.7. The molecule has 0 N–H and O–H groups in total. The normalized spacial score (nSPS) is 11.3.